The second-order valence-electron chi connectivity index (χ2n) is 6.94. The van der Waals surface area contributed by atoms with E-state index >= 15 is 0 Å². The van der Waals surface area contributed by atoms with Gasteiger partial charge in [-0.1, -0.05) is 0 Å². The number of amides is 1. The number of aromatic nitrogens is 5. The van der Waals surface area contributed by atoms with Crippen LogP contribution in [0.2, 0.25) is 0 Å². The van der Waals surface area contributed by atoms with Crippen molar-refractivity contribution in [1.29, 1.82) is 0 Å². The summed E-state index contributed by atoms with van der Waals surface area (Å²) in [7, 11) is 0. The first-order valence-electron chi connectivity index (χ1n) is 9.14. The molecule has 1 atom stereocenters. The van der Waals surface area contributed by atoms with Crippen LogP contribution in [0.5, 0.6) is 0 Å². The van der Waals surface area contributed by atoms with Gasteiger partial charge in [-0.15, -0.1) is 0 Å². The van der Waals surface area contributed by atoms with Crippen LogP contribution >= 0.6 is 15.9 Å². The molecule has 0 N–H and O–H groups in total. The van der Waals surface area contributed by atoms with Crippen LogP contribution in [0.25, 0.3) is 16.8 Å². The predicted molar refractivity (Wildman–Crippen MR) is 108 cm³/mol. The third-order valence-corrected chi connectivity index (χ3v) is 5.69. The van der Waals surface area contributed by atoms with Crippen LogP contribution in [0.4, 0.5) is 4.39 Å². The van der Waals surface area contributed by atoms with Crippen molar-refractivity contribution in [2.75, 3.05) is 6.54 Å². The largest absolute Gasteiger partial charge is 0.326 e. The first-order chi connectivity index (χ1) is 14.0. The highest BCUT2D eigenvalue weighted by Gasteiger charge is 2.32. The third-order valence-electron chi connectivity index (χ3n) is 5.22. The van der Waals surface area contributed by atoms with Gasteiger partial charge in [0.15, 0.2) is 5.69 Å². The van der Waals surface area contributed by atoms with E-state index < -0.39 is 5.95 Å². The average molecular weight is 455 g/mol. The number of carbonyl (C=O) groups excluding carboxylic acids is 1. The topological polar surface area (TPSA) is 68.3 Å². The normalized spacial score (nSPS) is 16.2. The van der Waals surface area contributed by atoms with Crippen LogP contribution in [0.1, 0.15) is 29.3 Å². The van der Waals surface area contributed by atoms with E-state index in [4.69, 9.17) is 0 Å². The second kappa shape index (κ2) is 6.77. The van der Waals surface area contributed by atoms with Gasteiger partial charge < -0.3 is 9.47 Å². The summed E-state index contributed by atoms with van der Waals surface area (Å²) in [6.45, 7) is 3.08. The van der Waals surface area contributed by atoms with Crippen molar-refractivity contribution in [3.8, 4) is 11.3 Å². The molecule has 146 valence electrons. The standard InChI is InChI=1S/C20H16BrFN6O/c1-12-19-24-10-17(13-2-5-18(22)23-9-13)27(19)7-6-26(12)20(29)16-8-15-4-3-14(21)11-28(15)25-16/h2-5,8-12H,6-7H2,1H3. The Bertz CT molecular complexity index is 1230. The lowest BCUT2D eigenvalue weighted by Crippen LogP contribution is -2.41. The zero-order valence-corrected chi connectivity index (χ0v) is 17.0. The molecule has 1 unspecified atom stereocenters. The third kappa shape index (κ3) is 3.02. The van der Waals surface area contributed by atoms with E-state index in [2.05, 4.69) is 35.6 Å². The predicted octanol–water partition coefficient (Wildman–Crippen LogP) is 3.71. The molecule has 4 aromatic rings. The highest BCUT2D eigenvalue weighted by atomic mass is 79.9. The fourth-order valence-electron chi connectivity index (χ4n) is 3.75. The molecule has 0 aliphatic carbocycles. The fourth-order valence-corrected chi connectivity index (χ4v) is 4.07. The van der Waals surface area contributed by atoms with Crippen molar-refractivity contribution >= 4 is 27.4 Å². The molecule has 0 saturated carbocycles. The maximum absolute atomic E-state index is 13.1. The van der Waals surface area contributed by atoms with Crippen molar-refractivity contribution in [2.24, 2.45) is 0 Å². The molecule has 1 aliphatic rings. The molecule has 1 aliphatic heterocycles. The summed E-state index contributed by atoms with van der Waals surface area (Å²) in [4.78, 5) is 23.2. The number of hydrogen-bond acceptors (Lipinski definition) is 4. The first-order valence-corrected chi connectivity index (χ1v) is 9.94. The Kier molecular flexibility index (Phi) is 4.20. The summed E-state index contributed by atoms with van der Waals surface area (Å²) in [5, 5.41) is 4.42. The van der Waals surface area contributed by atoms with E-state index in [-0.39, 0.29) is 11.9 Å². The minimum absolute atomic E-state index is 0.128. The van der Waals surface area contributed by atoms with E-state index in [1.165, 1.54) is 12.3 Å². The molecule has 0 bridgehead atoms. The number of hydrogen-bond donors (Lipinski definition) is 0. The van der Waals surface area contributed by atoms with Crippen LogP contribution in [0, 0.1) is 5.95 Å². The van der Waals surface area contributed by atoms with Crippen molar-refractivity contribution in [2.45, 2.75) is 19.5 Å². The number of rotatable bonds is 2. The summed E-state index contributed by atoms with van der Waals surface area (Å²) in [5.74, 6) is 0.142. The van der Waals surface area contributed by atoms with Gasteiger partial charge in [0.2, 0.25) is 5.95 Å². The van der Waals surface area contributed by atoms with Gasteiger partial charge in [0, 0.05) is 35.5 Å². The molecule has 4 aromatic heterocycles. The summed E-state index contributed by atoms with van der Waals surface area (Å²) in [6.07, 6.45) is 5.06. The van der Waals surface area contributed by atoms with Gasteiger partial charge in [-0.3, -0.25) is 4.79 Å². The van der Waals surface area contributed by atoms with Crippen LogP contribution < -0.4 is 0 Å². The molecular formula is C20H16BrFN6O. The summed E-state index contributed by atoms with van der Waals surface area (Å²) in [6, 6.07) is 8.41. The number of imidazole rings is 1. The van der Waals surface area contributed by atoms with E-state index in [9.17, 15) is 9.18 Å². The summed E-state index contributed by atoms with van der Waals surface area (Å²) in [5.41, 5.74) is 2.92. The van der Waals surface area contributed by atoms with E-state index in [1.807, 2.05) is 25.3 Å². The van der Waals surface area contributed by atoms with E-state index in [1.54, 1.807) is 27.7 Å². The van der Waals surface area contributed by atoms with Gasteiger partial charge in [0.1, 0.15) is 5.82 Å². The highest BCUT2D eigenvalue weighted by Crippen LogP contribution is 2.30. The zero-order valence-electron chi connectivity index (χ0n) is 15.5. The Balaban J connectivity index is 1.45. The highest BCUT2D eigenvalue weighted by molar-refractivity contribution is 9.10. The molecule has 0 spiro atoms. The van der Waals surface area contributed by atoms with Crippen molar-refractivity contribution in [1.82, 2.24) is 29.0 Å². The molecule has 7 nitrogen and oxygen atoms in total. The number of halogens is 2. The Morgan fingerprint density at radius 3 is 2.83 bits per heavy atom. The lowest BCUT2D eigenvalue weighted by molar-refractivity contribution is 0.0632. The van der Waals surface area contributed by atoms with Crippen LogP contribution in [0.3, 0.4) is 0 Å². The van der Waals surface area contributed by atoms with Gasteiger partial charge >= 0.3 is 0 Å². The molecule has 5 rings (SSSR count). The number of carbonyl (C=O) groups is 1. The quantitative estimate of drug-likeness (QED) is 0.433. The van der Waals surface area contributed by atoms with Gasteiger partial charge in [0.25, 0.3) is 5.91 Å². The van der Waals surface area contributed by atoms with E-state index in [0.29, 0.717) is 18.8 Å². The minimum Gasteiger partial charge on any atom is -0.326 e. The molecule has 5 heterocycles. The van der Waals surface area contributed by atoms with Crippen molar-refractivity contribution in [3.05, 3.63) is 70.9 Å². The van der Waals surface area contributed by atoms with Crippen molar-refractivity contribution in [3.63, 3.8) is 0 Å². The fraction of sp³-hybridized carbons (Fsp3) is 0.200. The van der Waals surface area contributed by atoms with Crippen molar-refractivity contribution < 1.29 is 9.18 Å². The Hall–Kier alpha value is -3.07. The van der Waals surface area contributed by atoms with Gasteiger partial charge in [0.05, 0.1) is 23.4 Å². The monoisotopic (exact) mass is 454 g/mol. The Morgan fingerprint density at radius 1 is 1.17 bits per heavy atom. The molecule has 0 fully saturated rings. The van der Waals surface area contributed by atoms with E-state index in [0.717, 1.165) is 27.1 Å². The van der Waals surface area contributed by atoms with Crippen LogP contribution in [-0.4, -0.2) is 41.5 Å². The molecule has 0 aromatic carbocycles. The van der Waals surface area contributed by atoms with Gasteiger partial charge in [-0.2, -0.15) is 9.49 Å². The van der Waals surface area contributed by atoms with Gasteiger partial charge in [-0.25, -0.2) is 14.5 Å². The molecule has 0 radical (unpaired) electrons. The van der Waals surface area contributed by atoms with Crippen LogP contribution in [0.15, 0.2) is 53.4 Å². The average Bonchev–Trinajstić information content (AvgIpc) is 3.33. The van der Waals surface area contributed by atoms with Gasteiger partial charge in [-0.05, 0) is 53.2 Å². The minimum atomic E-state index is -0.517. The lowest BCUT2D eigenvalue weighted by Gasteiger charge is -2.34. The maximum atomic E-state index is 13.1. The van der Waals surface area contributed by atoms with Crippen LogP contribution in [-0.2, 0) is 6.54 Å². The molecule has 9 heteroatoms. The zero-order chi connectivity index (χ0) is 20.1. The lowest BCUT2D eigenvalue weighted by atomic mass is 10.1. The number of fused-ring (bicyclic) bond motifs is 2. The Labute approximate surface area is 173 Å². The number of nitrogens with zero attached hydrogens (tertiary/aromatic N) is 6. The molecular weight excluding hydrogens is 439 g/mol. The number of pyridine rings is 2. The summed E-state index contributed by atoms with van der Waals surface area (Å²) >= 11 is 3.42. The molecule has 29 heavy (non-hydrogen) atoms. The molecule has 0 saturated heterocycles. The SMILES string of the molecule is CC1c2ncc(-c3ccc(F)nc3)n2CCN1C(=O)c1cc2ccc(Br)cn2n1. The first kappa shape index (κ1) is 18.0. The summed E-state index contributed by atoms with van der Waals surface area (Å²) < 4.78 is 17.8. The smallest absolute Gasteiger partial charge is 0.275 e. The second-order valence-corrected chi connectivity index (χ2v) is 7.86. The Morgan fingerprint density at radius 2 is 2.03 bits per heavy atom. The maximum Gasteiger partial charge on any atom is 0.275 e. The molecule has 1 amide bonds.